The molecule has 8 nitrogen and oxygen atoms in total. The molecular weight excluding hydrogens is 475 g/mol. The van der Waals surface area contributed by atoms with Gasteiger partial charge in [-0.05, 0) is 55.3 Å². The molecule has 1 saturated heterocycles. The first kappa shape index (κ1) is 24.2. The average Bonchev–Trinajstić information content (AvgIpc) is 3.35. The first-order valence-electron chi connectivity index (χ1n) is 10.5. The van der Waals surface area contributed by atoms with E-state index in [-0.39, 0.29) is 15.6 Å². The molecule has 2 aromatic carbocycles. The summed E-state index contributed by atoms with van der Waals surface area (Å²) in [6, 6.07) is 8.93. The molecule has 180 valence electrons. The maximum Gasteiger partial charge on any atom is 0.350 e. The van der Waals surface area contributed by atoms with Crippen LogP contribution in [-0.4, -0.2) is 42.6 Å². The third-order valence-electron chi connectivity index (χ3n) is 5.86. The summed E-state index contributed by atoms with van der Waals surface area (Å²) in [7, 11) is 2.72. The number of ketones is 2. The van der Waals surface area contributed by atoms with Crippen molar-refractivity contribution < 1.29 is 33.0 Å². The molecule has 2 heterocycles. The maximum atomic E-state index is 13.7. The predicted octanol–water partition coefficient (Wildman–Crippen LogP) is 3.85. The van der Waals surface area contributed by atoms with Crippen molar-refractivity contribution in [2.45, 2.75) is 19.9 Å². The molecule has 35 heavy (non-hydrogen) atoms. The van der Waals surface area contributed by atoms with Gasteiger partial charge < -0.3 is 9.47 Å². The number of carbonyl (C=O) groups is 4. The van der Waals surface area contributed by atoms with Gasteiger partial charge in [-0.3, -0.25) is 19.3 Å². The number of hydrogen-bond acceptors (Lipinski definition) is 8. The van der Waals surface area contributed by atoms with Crippen LogP contribution in [0.15, 0.2) is 42.5 Å². The molecule has 0 N–H and O–H groups in total. The van der Waals surface area contributed by atoms with Crippen LogP contribution in [0.4, 0.5) is 9.52 Å². The van der Waals surface area contributed by atoms with Crippen molar-refractivity contribution in [3.63, 3.8) is 0 Å². The van der Waals surface area contributed by atoms with Gasteiger partial charge in [-0.25, -0.2) is 14.2 Å². The molecular formula is C25H21FN2O6S. The van der Waals surface area contributed by atoms with Crippen molar-refractivity contribution in [3.05, 3.63) is 75.5 Å². The molecule has 3 aromatic rings. The molecule has 0 spiro atoms. The van der Waals surface area contributed by atoms with Gasteiger partial charge >= 0.3 is 5.97 Å². The number of amides is 1. The summed E-state index contributed by atoms with van der Waals surface area (Å²) >= 11 is 0.880. The molecule has 1 aliphatic heterocycles. The van der Waals surface area contributed by atoms with Crippen LogP contribution < -0.4 is 9.64 Å². The zero-order chi connectivity index (χ0) is 25.4. The van der Waals surface area contributed by atoms with Crippen molar-refractivity contribution >= 4 is 39.9 Å². The third-order valence-corrected chi connectivity index (χ3v) is 7.00. The molecule has 0 saturated carbocycles. The molecule has 1 fully saturated rings. The van der Waals surface area contributed by atoms with Crippen molar-refractivity contribution in [1.82, 2.24) is 4.98 Å². The zero-order valence-corrected chi connectivity index (χ0v) is 20.1. The van der Waals surface area contributed by atoms with E-state index in [0.717, 1.165) is 16.2 Å². The monoisotopic (exact) mass is 496 g/mol. The number of esters is 1. The van der Waals surface area contributed by atoms with Gasteiger partial charge in [0.15, 0.2) is 10.9 Å². The van der Waals surface area contributed by atoms with Crippen molar-refractivity contribution in [3.8, 4) is 5.75 Å². The van der Waals surface area contributed by atoms with E-state index >= 15 is 0 Å². The molecule has 1 aromatic heterocycles. The van der Waals surface area contributed by atoms with Crippen LogP contribution in [0.1, 0.15) is 42.9 Å². The van der Waals surface area contributed by atoms with E-state index in [1.807, 2.05) is 0 Å². The standard InChI is InChI=1S/C25H21FN2O6S/c1-12-11-16(33-3)9-10-17(12)20(29)18-19(14-5-7-15(26)8-6-14)28(23(31)21(18)30)25-27-13(2)22(35-25)24(32)34-4/h5-11,18-19H,1-4H3. The van der Waals surface area contributed by atoms with Crippen LogP contribution in [0.2, 0.25) is 0 Å². The minimum atomic E-state index is -1.40. The number of aryl methyl sites for hydroxylation is 2. The first-order chi connectivity index (χ1) is 16.7. The van der Waals surface area contributed by atoms with E-state index in [4.69, 9.17) is 9.47 Å². The fourth-order valence-corrected chi connectivity index (χ4v) is 5.13. The Morgan fingerprint density at radius 2 is 1.74 bits per heavy atom. The van der Waals surface area contributed by atoms with Crippen molar-refractivity contribution in [2.24, 2.45) is 5.92 Å². The van der Waals surface area contributed by atoms with Crippen LogP contribution in [0.3, 0.4) is 0 Å². The number of anilines is 1. The average molecular weight is 497 g/mol. The number of carbonyl (C=O) groups excluding carboxylic acids is 4. The van der Waals surface area contributed by atoms with Gasteiger partial charge in [-0.15, -0.1) is 0 Å². The number of Topliss-reactive ketones (excluding diaryl/α,β-unsaturated/α-hetero) is 2. The van der Waals surface area contributed by atoms with Crippen LogP contribution in [0.5, 0.6) is 5.75 Å². The molecule has 0 bridgehead atoms. The Kier molecular flexibility index (Phi) is 6.49. The second-order valence-electron chi connectivity index (χ2n) is 7.96. The predicted molar refractivity (Wildman–Crippen MR) is 125 cm³/mol. The van der Waals surface area contributed by atoms with Crippen LogP contribution in [0, 0.1) is 25.6 Å². The van der Waals surface area contributed by atoms with Gasteiger partial charge in [0, 0.05) is 5.56 Å². The van der Waals surface area contributed by atoms with E-state index in [1.165, 1.54) is 38.5 Å². The molecule has 0 aliphatic carbocycles. The molecule has 2 unspecified atom stereocenters. The SMILES string of the molecule is COC(=O)c1sc(N2C(=O)C(=O)C(C(=O)c3ccc(OC)cc3C)C2c2ccc(F)cc2)nc1C. The van der Waals surface area contributed by atoms with Gasteiger partial charge in [0.2, 0.25) is 5.78 Å². The normalized spacial score (nSPS) is 17.6. The van der Waals surface area contributed by atoms with Crippen molar-refractivity contribution in [2.75, 3.05) is 19.1 Å². The summed E-state index contributed by atoms with van der Waals surface area (Å²) < 4.78 is 23.6. The fourth-order valence-electron chi connectivity index (χ4n) is 4.11. The molecule has 0 radical (unpaired) electrons. The van der Waals surface area contributed by atoms with Gasteiger partial charge in [-0.2, -0.15) is 0 Å². The number of aromatic nitrogens is 1. The molecule has 4 rings (SSSR count). The van der Waals surface area contributed by atoms with Gasteiger partial charge in [0.25, 0.3) is 5.91 Å². The van der Waals surface area contributed by atoms with Crippen molar-refractivity contribution in [1.29, 1.82) is 0 Å². The number of thiazole rings is 1. The topological polar surface area (TPSA) is 103 Å². The van der Waals surface area contributed by atoms with E-state index in [1.54, 1.807) is 32.0 Å². The first-order valence-corrected chi connectivity index (χ1v) is 11.4. The summed E-state index contributed by atoms with van der Waals surface area (Å²) in [5.74, 6) is -4.40. The number of hydrogen-bond donors (Lipinski definition) is 0. The van der Waals surface area contributed by atoms with E-state index in [9.17, 15) is 23.6 Å². The van der Waals surface area contributed by atoms with Gasteiger partial charge in [0.1, 0.15) is 22.4 Å². The third kappa shape index (κ3) is 4.21. The summed E-state index contributed by atoms with van der Waals surface area (Å²) in [5.41, 5.74) is 1.53. The fraction of sp³-hybridized carbons (Fsp3) is 0.240. The van der Waals surface area contributed by atoms with E-state index in [2.05, 4.69) is 4.98 Å². The molecule has 2 atom stereocenters. The summed E-state index contributed by atoms with van der Waals surface area (Å²) in [6.45, 7) is 3.28. The summed E-state index contributed by atoms with van der Waals surface area (Å²) in [6.07, 6.45) is 0. The largest absolute Gasteiger partial charge is 0.497 e. The Labute approximate surface area is 204 Å². The lowest BCUT2D eigenvalue weighted by Gasteiger charge is -2.25. The number of nitrogens with zero attached hydrogens (tertiary/aromatic N) is 2. The second kappa shape index (κ2) is 9.38. The highest BCUT2D eigenvalue weighted by molar-refractivity contribution is 7.17. The highest BCUT2D eigenvalue weighted by Gasteiger charge is 2.53. The Morgan fingerprint density at radius 3 is 2.34 bits per heavy atom. The Morgan fingerprint density at radius 1 is 1.06 bits per heavy atom. The summed E-state index contributed by atoms with van der Waals surface area (Å²) in [5, 5.41) is 0.0670. The Balaban J connectivity index is 1.86. The Hall–Kier alpha value is -3.92. The lowest BCUT2D eigenvalue weighted by atomic mass is 9.85. The number of ether oxygens (including phenoxy) is 2. The number of rotatable bonds is 6. The van der Waals surface area contributed by atoms with E-state index in [0.29, 0.717) is 22.6 Å². The lowest BCUT2D eigenvalue weighted by Crippen LogP contribution is -2.30. The maximum absolute atomic E-state index is 13.7. The number of halogens is 1. The quantitative estimate of drug-likeness (QED) is 0.221. The van der Waals surface area contributed by atoms with E-state index < -0.39 is 41.2 Å². The zero-order valence-electron chi connectivity index (χ0n) is 19.3. The van der Waals surface area contributed by atoms with Crippen LogP contribution in [-0.2, 0) is 14.3 Å². The molecule has 1 amide bonds. The highest BCUT2D eigenvalue weighted by atomic mass is 32.1. The van der Waals surface area contributed by atoms with Gasteiger partial charge in [0.05, 0.1) is 26.0 Å². The lowest BCUT2D eigenvalue weighted by molar-refractivity contribution is -0.135. The highest BCUT2D eigenvalue weighted by Crippen LogP contribution is 2.43. The molecule has 10 heteroatoms. The molecule has 1 aliphatic rings. The minimum absolute atomic E-state index is 0.0670. The smallest absolute Gasteiger partial charge is 0.350 e. The second-order valence-corrected chi connectivity index (χ2v) is 8.94. The summed E-state index contributed by atoms with van der Waals surface area (Å²) in [4.78, 5) is 57.9. The minimum Gasteiger partial charge on any atom is -0.497 e. The van der Waals surface area contributed by atoms with Gasteiger partial charge in [-0.1, -0.05) is 23.5 Å². The van der Waals surface area contributed by atoms with Crippen LogP contribution in [0.25, 0.3) is 0 Å². The van der Waals surface area contributed by atoms with Crippen LogP contribution >= 0.6 is 11.3 Å². The Bertz CT molecular complexity index is 1350. The number of benzene rings is 2. The number of methoxy groups -OCH3 is 2.